The maximum atomic E-state index is 5.48. The fourth-order valence-corrected chi connectivity index (χ4v) is 2.55. The Morgan fingerprint density at radius 1 is 1.21 bits per heavy atom. The van der Waals surface area contributed by atoms with Crippen LogP contribution in [0.4, 0.5) is 0 Å². The molecule has 0 spiro atoms. The molecule has 0 aromatic heterocycles. The van der Waals surface area contributed by atoms with E-state index in [0.717, 1.165) is 25.3 Å². The van der Waals surface area contributed by atoms with E-state index in [1.165, 1.54) is 30.4 Å². The summed E-state index contributed by atoms with van der Waals surface area (Å²) in [6.07, 6.45) is 4.82. The molecule has 0 saturated heterocycles. The largest absolute Gasteiger partial charge is 0.496 e. The quantitative estimate of drug-likeness (QED) is 0.681. The number of methoxy groups -OCH3 is 1. The molecular formula is C17H29NO. The summed E-state index contributed by atoms with van der Waals surface area (Å²) >= 11 is 0. The molecule has 1 unspecified atom stereocenters. The second kappa shape index (κ2) is 8.98. The molecule has 1 rings (SSSR count). The van der Waals surface area contributed by atoms with Gasteiger partial charge in [-0.2, -0.15) is 0 Å². The Bertz CT molecular complexity index is 362. The average Bonchev–Trinajstić information content (AvgIpc) is 2.39. The Morgan fingerprint density at radius 3 is 2.63 bits per heavy atom. The lowest BCUT2D eigenvalue weighted by Gasteiger charge is -2.19. The van der Waals surface area contributed by atoms with Gasteiger partial charge >= 0.3 is 0 Å². The van der Waals surface area contributed by atoms with Crippen LogP contribution in [0.25, 0.3) is 0 Å². The lowest BCUT2D eigenvalue weighted by molar-refractivity contribution is 0.394. The number of nitrogens with one attached hydrogen (secondary N) is 1. The lowest BCUT2D eigenvalue weighted by atomic mass is 9.93. The number of ether oxygens (including phenoxy) is 1. The van der Waals surface area contributed by atoms with Gasteiger partial charge in [0.05, 0.1) is 7.11 Å². The summed E-state index contributed by atoms with van der Waals surface area (Å²) in [5.74, 6) is 1.73. The fraction of sp³-hybridized carbons (Fsp3) is 0.647. The highest BCUT2D eigenvalue weighted by molar-refractivity contribution is 5.37. The summed E-state index contributed by atoms with van der Waals surface area (Å²) in [6.45, 7) is 8.85. The van der Waals surface area contributed by atoms with Gasteiger partial charge in [-0.15, -0.1) is 0 Å². The maximum Gasteiger partial charge on any atom is 0.122 e. The Labute approximate surface area is 118 Å². The van der Waals surface area contributed by atoms with Crippen LogP contribution in [0.2, 0.25) is 0 Å². The molecule has 0 radical (unpaired) electrons. The highest BCUT2D eigenvalue weighted by atomic mass is 16.5. The third kappa shape index (κ3) is 5.65. The summed E-state index contributed by atoms with van der Waals surface area (Å²) < 4.78 is 5.48. The molecule has 0 saturated carbocycles. The van der Waals surface area contributed by atoms with Gasteiger partial charge in [0.1, 0.15) is 5.75 Å². The molecule has 0 aliphatic rings. The van der Waals surface area contributed by atoms with Crippen molar-refractivity contribution in [3.05, 3.63) is 29.3 Å². The first-order chi connectivity index (χ1) is 9.21. The zero-order valence-corrected chi connectivity index (χ0v) is 13.0. The monoisotopic (exact) mass is 263 g/mol. The van der Waals surface area contributed by atoms with E-state index in [1.807, 2.05) is 0 Å². The van der Waals surface area contributed by atoms with E-state index in [1.54, 1.807) is 7.11 Å². The third-order valence-electron chi connectivity index (χ3n) is 3.50. The molecule has 108 valence electrons. The molecular weight excluding hydrogens is 234 g/mol. The molecule has 0 amide bonds. The molecule has 2 heteroatoms. The van der Waals surface area contributed by atoms with Crippen molar-refractivity contribution in [3.8, 4) is 5.75 Å². The van der Waals surface area contributed by atoms with Crippen LogP contribution in [-0.4, -0.2) is 20.2 Å². The van der Waals surface area contributed by atoms with E-state index in [0.29, 0.717) is 5.92 Å². The third-order valence-corrected chi connectivity index (χ3v) is 3.50. The van der Waals surface area contributed by atoms with Crippen LogP contribution in [0.1, 0.15) is 44.2 Å². The summed E-state index contributed by atoms with van der Waals surface area (Å²) in [4.78, 5) is 0. The summed E-state index contributed by atoms with van der Waals surface area (Å²) in [5.41, 5.74) is 2.66. The Balaban J connectivity index is 2.68. The number of rotatable bonds is 9. The molecule has 0 aliphatic carbocycles. The average molecular weight is 263 g/mol. The number of hydrogen-bond acceptors (Lipinski definition) is 2. The van der Waals surface area contributed by atoms with Crippen LogP contribution in [0.5, 0.6) is 5.75 Å². The zero-order chi connectivity index (χ0) is 14.1. The van der Waals surface area contributed by atoms with Crippen molar-refractivity contribution in [2.45, 2.75) is 46.5 Å². The van der Waals surface area contributed by atoms with Crippen LogP contribution in [0, 0.1) is 12.8 Å². The van der Waals surface area contributed by atoms with Gasteiger partial charge in [-0.3, -0.25) is 0 Å². The minimum Gasteiger partial charge on any atom is -0.496 e. The normalized spacial score (nSPS) is 12.4. The van der Waals surface area contributed by atoms with Crippen molar-refractivity contribution in [1.82, 2.24) is 5.32 Å². The molecule has 1 aromatic rings. The molecule has 1 aromatic carbocycles. The van der Waals surface area contributed by atoms with Gasteiger partial charge in [-0.1, -0.05) is 38.0 Å². The molecule has 2 nitrogen and oxygen atoms in total. The molecule has 0 heterocycles. The van der Waals surface area contributed by atoms with Crippen LogP contribution in [-0.2, 0) is 6.42 Å². The van der Waals surface area contributed by atoms with Crippen LogP contribution in [0.15, 0.2) is 18.2 Å². The standard InChI is InChI=1S/C17H29NO/c1-5-7-15(13-18-10-6-2)12-16-11-14(3)8-9-17(16)19-4/h8-9,11,15,18H,5-7,10,12-13H2,1-4H3. The van der Waals surface area contributed by atoms with E-state index in [4.69, 9.17) is 4.74 Å². The summed E-state index contributed by atoms with van der Waals surface area (Å²) in [7, 11) is 1.76. The number of aryl methyl sites for hydroxylation is 1. The van der Waals surface area contributed by atoms with E-state index in [2.05, 4.69) is 44.3 Å². The van der Waals surface area contributed by atoms with Crippen LogP contribution in [0.3, 0.4) is 0 Å². The van der Waals surface area contributed by atoms with Crippen molar-refractivity contribution in [3.63, 3.8) is 0 Å². The second-order valence-electron chi connectivity index (χ2n) is 5.38. The van der Waals surface area contributed by atoms with Gasteiger partial charge in [-0.05, 0) is 56.8 Å². The van der Waals surface area contributed by atoms with E-state index in [-0.39, 0.29) is 0 Å². The smallest absolute Gasteiger partial charge is 0.122 e. The van der Waals surface area contributed by atoms with Crippen LogP contribution < -0.4 is 10.1 Å². The molecule has 19 heavy (non-hydrogen) atoms. The lowest BCUT2D eigenvalue weighted by Crippen LogP contribution is -2.25. The Hall–Kier alpha value is -1.02. The van der Waals surface area contributed by atoms with Gasteiger partial charge in [-0.25, -0.2) is 0 Å². The first-order valence-electron chi connectivity index (χ1n) is 7.55. The molecule has 0 aliphatic heterocycles. The predicted octanol–water partition coefficient (Wildman–Crippen LogP) is 3.96. The minimum atomic E-state index is 0.701. The number of hydrogen-bond donors (Lipinski definition) is 1. The van der Waals surface area contributed by atoms with Crippen LogP contribution >= 0.6 is 0 Å². The van der Waals surface area contributed by atoms with Crippen molar-refractivity contribution in [2.24, 2.45) is 5.92 Å². The van der Waals surface area contributed by atoms with Gasteiger partial charge in [0.15, 0.2) is 0 Å². The first kappa shape index (κ1) is 16.0. The number of benzene rings is 1. The van der Waals surface area contributed by atoms with Crippen molar-refractivity contribution in [1.29, 1.82) is 0 Å². The van der Waals surface area contributed by atoms with Gasteiger partial charge in [0.2, 0.25) is 0 Å². The van der Waals surface area contributed by atoms with Crippen molar-refractivity contribution < 1.29 is 4.74 Å². The highest BCUT2D eigenvalue weighted by Crippen LogP contribution is 2.24. The highest BCUT2D eigenvalue weighted by Gasteiger charge is 2.12. The Morgan fingerprint density at radius 2 is 2.00 bits per heavy atom. The fourth-order valence-electron chi connectivity index (χ4n) is 2.55. The molecule has 1 atom stereocenters. The van der Waals surface area contributed by atoms with Gasteiger partial charge in [0, 0.05) is 0 Å². The Kier molecular flexibility index (Phi) is 7.57. The zero-order valence-electron chi connectivity index (χ0n) is 13.0. The van der Waals surface area contributed by atoms with E-state index >= 15 is 0 Å². The SMILES string of the molecule is CCCNCC(CCC)Cc1cc(C)ccc1OC. The van der Waals surface area contributed by atoms with Crippen molar-refractivity contribution >= 4 is 0 Å². The van der Waals surface area contributed by atoms with E-state index < -0.39 is 0 Å². The predicted molar refractivity (Wildman–Crippen MR) is 83.0 cm³/mol. The summed E-state index contributed by atoms with van der Waals surface area (Å²) in [6, 6.07) is 6.47. The van der Waals surface area contributed by atoms with Gasteiger partial charge in [0.25, 0.3) is 0 Å². The molecule has 1 N–H and O–H groups in total. The first-order valence-corrected chi connectivity index (χ1v) is 7.55. The molecule has 0 fully saturated rings. The molecule has 0 bridgehead atoms. The summed E-state index contributed by atoms with van der Waals surface area (Å²) in [5, 5.41) is 3.55. The minimum absolute atomic E-state index is 0.701. The topological polar surface area (TPSA) is 21.3 Å². The van der Waals surface area contributed by atoms with Gasteiger partial charge < -0.3 is 10.1 Å². The maximum absolute atomic E-state index is 5.48. The second-order valence-corrected chi connectivity index (χ2v) is 5.38. The van der Waals surface area contributed by atoms with E-state index in [9.17, 15) is 0 Å². The van der Waals surface area contributed by atoms with Crippen molar-refractivity contribution in [2.75, 3.05) is 20.2 Å².